The van der Waals surface area contributed by atoms with Crippen LogP contribution in [-0.2, 0) is 0 Å². The van der Waals surface area contributed by atoms with Crippen molar-refractivity contribution in [3.05, 3.63) is 249 Å². The minimum atomic E-state index is 0.889. The van der Waals surface area contributed by atoms with E-state index in [1.165, 1.54) is 65.5 Å². The van der Waals surface area contributed by atoms with Crippen LogP contribution in [0.15, 0.2) is 253 Å². The molecule has 2 heteroatoms. The lowest BCUT2D eigenvalue weighted by atomic mass is 9.84. The third-order valence-electron chi connectivity index (χ3n) is 13.4. The Morgan fingerprint density at radius 3 is 1.62 bits per heavy atom. The van der Waals surface area contributed by atoms with Crippen molar-refractivity contribution in [1.29, 1.82) is 0 Å². The van der Waals surface area contributed by atoms with Crippen LogP contribution in [0.5, 0.6) is 0 Å². The van der Waals surface area contributed by atoms with Crippen LogP contribution in [0, 0.1) is 0 Å². The van der Waals surface area contributed by atoms with Crippen LogP contribution in [0.25, 0.3) is 110 Å². The molecule has 1 heterocycles. The predicted octanol–water partition coefficient (Wildman–Crippen LogP) is 18.3. The van der Waals surface area contributed by atoms with Crippen LogP contribution in [-0.4, -0.2) is 0 Å². The molecule has 66 heavy (non-hydrogen) atoms. The highest BCUT2D eigenvalue weighted by molar-refractivity contribution is 6.22. The van der Waals surface area contributed by atoms with Gasteiger partial charge in [-0.25, -0.2) is 0 Å². The van der Waals surface area contributed by atoms with Crippen molar-refractivity contribution in [2.45, 2.75) is 0 Å². The molecule has 12 aromatic carbocycles. The largest absolute Gasteiger partial charge is 0.455 e. The lowest BCUT2D eigenvalue weighted by Crippen LogP contribution is -2.10. The summed E-state index contributed by atoms with van der Waals surface area (Å²) in [5.74, 6) is 0. The second-order valence-electron chi connectivity index (χ2n) is 17.2. The van der Waals surface area contributed by atoms with Gasteiger partial charge in [0, 0.05) is 32.9 Å². The molecule has 308 valence electrons. The van der Waals surface area contributed by atoms with Crippen molar-refractivity contribution in [3.8, 4) is 44.5 Å². The van der Waals surface area contributed by atoms with E-state index in [1.54, 1.807) is 0 Å². The van der Waals surface area contributed by atoms with Crippen molar-refractivity contribution >= 4 is 82.1 Å². The molecule has 0 atom stereocenters. The van der Waals surface area contributed by atoms with E-state index in [0.717, 1.165) is 61.1 Å². The molecular formula is C64H41NO. The monoisotopic (exact) mass is 839 g/mol. The zero-order valence-corrected chi connectivity index (χ0v) is 36.0. The van der Waals surface area contributed by atoms with Crippen LogP contribution in [0.3, 0.4) is 0 Å². The summed E-state index contributed by atoms with van der Waals surface area (Å²) in [6.07, 6.45) is 0. The number of anilines is 3. The molecule has 13 aromatic rings. The van der Waals surface area contributed by atoms with Crippen molar-refractivity contribution < 1.29 is 4.42 Å². The molecule has 0 saturated heterocycles. The third kappa shape index (κ3) is 6.18. The molecule has 0 saturated carbocycles. The summed E-state index contributed by atoms with van der Waals surface area (Å²) in [6.45, 7) is 0. The van der Waals surface area contributed by atoms with Crippen LogP contribution in [0.2, 0.25) is 0 Å². The van der Waals surface area contributed by atoms with Crippen LogP contribution in [0.4, 0.5) is 17.1 Å². The highest BCUT2D eigenvalue weighted by atomic mass is 16.3. The van der Waals surface area contributed by atoms with Crippen molar-refractivity contribution in [2.24, 2.45) is 0 Å². The van der Waals surface area contributed by atoms with E-state index in [-0.39, 0.29) is 0 Å². The molecular weight excluding hydrogens is 799 g/mol. The summed E-state index contributed by atoms with van der Waals surface area (Å²) in [5.41, 5.74) is 14.6. The first-order valence-corrected chi connectivity index (χ1v) is 22.7. The van der Waals surface area contributed by atoms with Crippen molar-refractivity contribution in [3.63, 3.8) is 0 Å². The minimum Gasteiger partial charge on any atom is -0.455 e. The second-order valence-corrected chi connectivity index (χ2v) is 17.2. The first kappa shape index (κ1) is 37.8. The maximum atomic E-state index is 6.63. The van der Waals surface area contributed by atoms with E-state index >= 15 is 0 Å². The van der Waals surface area contributed by atoms with Gasteiger partial charge in [0.25, 0.3) is 0 Å². The van der Waals surface area contributed by atoms with Gasteiger partial charge in [0.1, 0.15) is 11.2 Å². The Morgan fingerprint density at radius 1 is 0.288 bits per heavy atom. The zero-order chi connectivity index (χ0) is 43.6. The summed E-state index contributed by atoms with van der Waals surface area (Å²) in [7, 11) is 0. The molecule has 0 N–H and O–H groups in total. The fourth-order valence-electron chi connectivity index (χ4n) is 10.4. The van der Waals surface area contributed by atoms with Crippen LogP contribution >= 0.6 is 0 Å². The van der Waals surface area contributed by atoms with E-state index in [9.17, 15) is 0 Å². The number of nitrogens with zero attached hydrogens (tertiary/aromatic N) is 1. The maximum Gasteiger partial charge on any atom is 0.143 e. The van der Waals surface area contributed by atoms with Gasteiger partial charge in [0.2, 0.25) is 0 Å². The average molecular weight is 840 g/mol. The van der Waals surface area contributed by atoms with E-state index in [2.05, 4.69) is 254 Å². The summed E-state index contributed by atoms with van der Waals surface area (Å²) < 4.78 is 6.63. The van der Waals surface area contributed by atoms with E-state index in [4.69, 9.17) is 4.42 Å². The molecule has 0 radical (unpaired) electrons. The number of hydrogen-bond acceptors (Lipinski definition) is 2. The molecule has 0 unspecified atom stereocenters. The highest BCUT2D eigenvalue weighted by Gasteiger charge is 2.21. The molecule has 0 spiro atoms. The topological polar surface area (TPSA) is 16.4 Å². The lowest BCUT2D eigenvalue weighted by Gasteiger charge is -2.27. The minimum absolute atomic E-state index is 0.889. The molecule has 2 nitrogen and oxygen atoms in total. The molecule has 1 aromatic heterocycles. The fraction of sp³-hybridized carbons (Fsp3) is 0. The van der Waals surface area contributed by atoms with Crippen molar-refractivity contribution in [2.75, 3.05) is 4.90 Å². The predicted molar refractivity (Wildman–Crippen MR) is 280 cm³/mol. The van der Waals surface area contributed by atoms with Gasteiger partial charge < -0.3 is 9.32 Å². The summed E-state index contributed by atoms with van der Waals surface area (Å²) in [4.78, 5) is 2.41. The van der Waals surface area contributed by atoms with E-state index in [0.29, 0.717) is 0 Å². The quantitative estimate of drug-likeness (QED) is 0.149. The second kappa shape index (κ2) is 15.5. The number of furan rings is 1. The van der Waals surface area contributed by atoms with Gasteiger partial charge in [0.15, 0.2) is 0 Å². The average Bonchev–Trinajstić information content (AvgIpc) is 3.79. The number of rotatable bonds is 7. The Balaban J connectivity index is 0.969. The standard InChI is InChI=1S/C64H41NO/c1-3-18-45(19-4-1)61-56-28-12-11-27-54(56)55-38-35-47(41-58(55)62(61)46-20-5-2-6-21-46)42-32-36-49(37-33-42)65(59-30-14-22-43-16-7-9-25-51(43)59)50-24-13-23-48(40-50)52-29-15-31-60-63(52)57-39-34-44-17-8-10-26-53(44)64(57)66-60/h1-41H. The molecule has 0 aliphatic rings. The van der Waals surface area contributed by atoms with Gasteiger partial charge in [0.05, 0.1) is 5.69 Å². The molecule has 0 amide bonds. The first-order valence-electron chi connectivity index (χ1n) is 22.7. The van der Waals surface area contributed by atoms with E-state index in [1.807, 2.05) is 0 Å². The SMILES string of the molecule is c1ccc(-c2c(-c3ccccc3)c3cc(-c4ccc(N(c5cccc(-c6cccc7oc8c9ccccc9ccc8c67)c5)c5cccc6ccccc56)cc4)ccc3c3ccccc23)cc1. The van der Waals surface area contributed by atoms with Gasteiger partial charge in [-0.2, -0.15) is 0 Å². The summed E-state index contributed by atoms with van der Waals surface area (Å²) >= 11 is 0. The van der Waals surface area contributed by atoms with Crippen molar-refractivity contribution in [1.82, 2.24) is 0 Å². The van der Waals surface area contributed by atoms with Crippen LogP contribution < -0.4 is 4.90 Å². The fourth-order valence-corrected chi connectivity index (χ4v) is 10.4. The van der Waals surface area contributed by atoms with Crippen LogP contribution in [0.1, 0.15) is 0 Å². The molecule has 0 bridgehead atoms. The van der Waals surface area contributed by atoms with Gasteiger partial charge >= 0.3 is 0 Å². The molecule has 0 aliphatic heterocycles. The molecule has 0 aliphatic carbocycles. The number of benzene rings is 12. The van der Waals surface area contributed by atoms with Gasteiger partial charge in [-0.1, -0.05) is 200 Å². The zero-order valence-electron chi connectivity index (χ0n) is 36.0. The molecule has 0 fully saturated rings. The smallest absolute Gasteiger partial charge is 0.143 e. The molecule has 13 rings (SSSR count). The first-order chi connectivity index (χ1) is 32.7. The highest BCUT2D eigenvalue weighted by Crippen LogP contribution is 2.47. The maximum absolute atomic E-state index is 6.63. The van der Waals surface area contributed by atoms with E-state index < -0.39 is 0 Å². The Hall–Kier alpha value is -8.72. The number of hydrogen-bond donors (Lipinski definition) is 0. The Bertz CT molecular complexity index is 3970. The van der Waals surface area contributed by atoms with Gasteiger partial charge in [-0.3, -0.25) is 0 Å². The summed E-state index contributed by atoms with van der Waals surface area (Å²) in [6, 6.07) is 90.2. The third-order valence-corrected chi connectivity index (χ3v) is 13.4. The lowest BCUT2D eigenvalue weighted by molar-refractivity contribution is 0.673. The number of fused-ring (bicyclic) bond motifs is 9. The van der Waals surface area contributed by atoms with Gasteiger partial charge in [-0.15, -0.1) is 0 Å². The van der Waals surface area contributed by atoms with Gasteiger partial charge in [-0.05, 0) is 125 Å². The summed E-state index contributed by atoms with van der Waals surface area (Å²) in [5, 5.41) is 11.9. The Kier molecular flexibility index (Phi) is 8.89. The Labute approximate surface area is 382 Å². The Morgan fingerprint density at radius 2 is 0.848 bits per heavy atom. The normalized spacial score (nSPS) is 11.6.